The van der Waals surface area contributed by atoms with E-state index in [0.717, 1.165) is 11.3 Å². The molecule has 11 heavy (non-hydrogen) atoms. The van der Waals surface area contributed by atoms with E-state index < -0.39 is 0 Å². The molecule has 2 aromatic rings. The van der Waals surface area contributed by atoms with E-state index >= 15 is 0 Å². The third-order valence-electron chi connectivity index (χ3n) is 1.43. The average molecular weight is 209 g/mol. The fraction of sp³-hybridized carbons (Fsp3) is 0. The van der Waals surface area contributed by atoms with Gasteiger partial charge in [0, 0.05) is 0 Å². The molecule has 0 saturated carbocycles. The SMILES string of the molecule is c1ccc(-c2c[se]nn2)cc1. The summed E-state index contributed by atoms with van der Waals surface area (Å²) in [6.45, 7) is 0. The third kappa shape index (κ3) is 1.39. The van der Waals surface area contributed by atoms with Crippen LogP contribution in [-0.4, -0.2) is 23.9 Å². The molecule has 3 heteroatoms. The van der Waals surface area contributed by atoms with Crippen LogP contribution < -0.4 is 0 Å². The molecule has 0 unspecified atom stereocenters. The number of nitrogens with zero attached hydrogens (tertiary/aromatic N) is 2. The van der Waals surface area contributed by atoms with Crippen molar-refractivity contribution in [1.29, 1.82) is 0 Å². The van der Waals surface area contributed by atoms with E-state index in [4.69, 9.17) is 0 Å². The first kappa shape index (κ1) is 6.77. The molecular formula is C8H6N2Se. The van der Waals surface area contributed by atoms with Crippen molar-refractivity contribution in [2.75, 3.05) is 0 Å². The molecule has 54 valence electrons. The summed E-state index contributed by atoms with van der Waals surface area (Å²) in [6, 6.07) is 10.1. The van der Waals surface area contributed by atoms with Crippen molar-refractivity contribution in [2.24, 2.45) is 0 Å². The zero-order valence-corrected chi connectivity index (χ0v) is 7.48. The predicted octanol–water partition coefficient (Wildman–Crippen LogP) is 1.20. The quantitative estimate of drug-likeness (QED) is 0.659. The Morgan fingerprint density at radius 3 is 2.55 bits per heavy atom. The van der Waals surface area contributed by atoms with Gasteiger partial charge in [0.15, 0.2) is 0 Å². The van der Waals surface area contributed by atoms with E-state index in [-0.39, 0.29) is 14.7 Å². The molecule has 0 bridgehead atoms. The summed E-state index contributed by atoms with van der Waals surface area (Å²) in [4.78, 5) is 2.09. The number of benzene rings is 1. The van der Waals surface area contributed by atoms with Gasteiger partial charge < -0.3 is 0 Å². The molecule has 1 heterocycles. The minimum absolute atomic E-state index is 0.241. The Balaban J connectivity index is 2.46. The van der Waals surface area contributed by atoms with Crippen LogP contribution >= 0.6 is 0 Å². The Morgan fingerprint density at radius 2 is 1.91 bits per heavy atom. The molecule has 0 amide bonds. The van der Waals surface area contributed by atoms with Crippen molar-refractivity contribution in [3.05, 3.63) is 35.3 Å². The van der Waals surface area contributed by atoms with E-state index in [1.807, 2.05) is 30.3 Å². The molecule has 0 radical (unpaired) electrons. The molecular weight excluding hydrogens is 203 g/mol. The molecule has 0 N–H and O–H groups in total. The van der Waals surface area contributed by atoms with Crippen LogP contribution in [-0.2, 0) is 0 Å². The average Bonchev–Trinajstić information content (AvgIpc) is 2.58. The van der Waals surface area contributed by atoms with Gasteiger partial charge in [-0.25, -0.2) is 0 Å². The molecule has 2 rings (SSSR count). The van der Waals surface area contributed by atoms with Crippen molar-refractivity contribution < 1.29 is 0 Å². The Labute approximate surface area is 70.9 Å². The molecule has 0 aliphatic rings. The fourth-order valence-corrected chi connectivity index (χ4v) is 1.88. The van der Waals surface area contributed by atoms with Crippen molar-refractivity contribution in [2.45, 2.75) is 0 Å². The van der Waals surface area contributed by atoms with Crippen LogP contribution in [0, 0.1) is 0 Å². The van der Waals surface area contributed by atoms with Crippen molar-refractivity contribution in [3.8, 4) is 11.3 Å². The van der Waals surface area contributed by atoms with Crippen LogP contribution in [0.4, 0.5) is 0 Å². The summed E-state index contributed by atoms with van der Waals surface area (Å²) < 4.78 is 3.94. The van der Waals surface area contributed by atoms with Crippen LogP contribution in [0.15, 0.2) is 35.3 Å². The molecule has 1 aromatic carbocycles. The molecule has 0 atom stereocenters. The number of aromatic nitrogens is 2. The summed E-state index contributed by atoms with van der Waals surface area (Å²) in [6.07, 6.45) is 0. The minimum atomic E-state index is 0.241. The molecule has 0 saturated heterocycles. The summed E-state index contributed by atoms with van der Waals surface area (Å²) in [5.74, 6) is 0. The molecule has 2 nitrogen and oxygen atoms in total. The van der Waals surface area contributed by atoms with Gasteiger partial charge in [-0.05, 0) is 0 Å². The first-order valence-corrected chi connectivity index (χ1v) is 5.05. The summed E-state index contributed by atoms with van der Waals surface area (Å²) in [5.41, 5.74) is 2.18. The maximum atomic E-state index is 4.02. The second kappa shape index (κ2) is 2.99. The van der Waals surface area contributed by atoms with Gasteiger partial charge in [-0.1, -0.05) is 0 Å². The zero-order valence-electron chi connectivity index (χ0n) is 5.77. The van der Waals surface area contributed by atoms with Crippen LogP contribution in [0.2, 0.25) is 0 Å². The van der Waals surface area contributed by atoms with Gasteiger partial charge in [0.1, 0.15) is 0 Å². The van der Waals surface area contributed by atoms with Gasteiger partial charge in [-0.3, -0.25) is 0 Å². The number of hydrogen-bond acceptors (Lipinski definition) is 2. The van der Waals surface area contributed by atoms with E-state index in [1.54, 1.807) is 0 Å². The van der Waals surface area contributed by atoms with Gasteiger partial charge in [0.2, 0.25) is 0 Å². The van der Waals surface area contributed by atoms with E-state index in [1.165, 1.54) is 0 Å². The zero-order chi connectivity index (χ0) is 7.52. The monoisotopic (exact) mass is 210 g/mol. The normalized spacial score (nSPS) is 9.82. The fourth-order valence-electron chi connectivity index (χ4n) is 0.899. The molecule has 1 aromatic heterocycles. The Bertz CT molecular complexity index is 315. The standard InChI is InChI=1S/C8H6N2Se/c1-2-4-7(5-3-1)8-6-11-10-9-8/h1-6H. The van der Waals surface area contributed by atoms with Gasteiger partial charge in [0.05, 0.1) is 0 Å². The predicted molar refractivity (Wildman–Crippen MR) is 44.4 cm³/mol. The first-order chi connectivity index (χ1) is 5.47. The van der Waals surface area contributed by atoms with E-state index in [0.29, 0.717) is 0 Å². The number of hydrogen-bond donors (Lipinski definition) is 0. The molecule has 0 aliphatic carbocycles. The van der Waals surface area contributed by atoms with Crippen molar-refractivity contribution in [3.63, 3.8) is 0 Å². The third-order valence-corrected chi connectivity index (χ3v) is 2.49. The topological polar surface area (TPSA) is 25.8 Å². The van der Waals surface area contributed by atoms with Crippen LogP contribution in [0.25, 0.3) is 11.3 Å². The summed E-state index contributed by atoms with van der Waals surface area (Å²) in [7, 11) is 0. The summed E-state index contributed by atoms with van der Waals surface area (Å²) >= 11 is 0.241. The summed E-state index contributed by atoms with van der Waals surface area (Å²) in [5, 5.41) is 4.02. The van der Waals surface area contributed by atoms with Gasteiger partial charge >= 0.3 is 70.5 Å². The van der Waals surface area contributed by atoms with E-state index in [9.17, 15) is 0 Å². The van der Waals surface area contributed by atoms with Crippen molar-refractivity contribution >= 4 is 14.7 Å². The number of rotatable bonds is 1. The molecule has 0 aliphatic heterocycles. The van der Waals surface area contributed by atoms with Crippen LogP contribution in [0.5, 0.6) is 0 Å². The van der Waals surface area contributed by atoms with E-state index in [2.05, 4.69) is 14.1 Å². The van der Waals surface area contributed by atoms with Gasteiger partial charge in [-0.15, -0.1) is 0 Å². The molecule has 0 spiro atoms. The van der Waals surface area contributed by atoms with Gasteiger partial charge in [0.25, 0.3) is 0 Å². The Kier molecular flexibility index (Phi) is 1.84. The first-order valence-electron chi connectivity index (χ1n) is 3.29. The van der Waals surface area contributed by atoms with Crippen molar-refractivity contribution in [1.82, 2.24) is 9.19 Å². The molecule has 0 fully saturated rings. The Morgan fingerprint density at radius 1 is 1.09 bits per heavy atom. The Hall–Kier alpha value is -0.921. The van der Waals surface area contributed by atoms with Crippen LogP contribution in [0.3, 0.4) is 0 Å². The maximum absolute atomic E-state index is 4.02. The second-order valence-corrected chi connectivity index (χ2v) is 3.44. The van der Waals surface area contributed by atoms with Gasteiger partial charge in [-0.2, -0.15) is 0 Å². The van der Waals surface area contributed by atoms with Crippen LogP contribution in [0.1, 0.15) is 0 Å². The second-order valence-electron chi connectivity index (χ2n) is 2.16.